The zero-order valence-electron chi connectivity index (χ0n) is 21.0. The van der Waals surface area contributed by atoms with Gasteiger partial charge in [-0.3, -0.25) is 4.57 Å². The highest BCUT2D eigenvalue weighted by Gasteiger charge is 2.17. The molecule has 0 unspecified atom stereocenters. The number of benzene rings is 2. The Balaban J connectivity index is 1.68. The van der Waals surface area contributed by atoms with Crippen LogP contribution in [0.2, 0.25) is 0 Å². The molecule has 2 aromatic heterocycles. The lowest BCUT2D eigenvalue weighted by Crippen LogP contribution is -2.29. The van der Waals surface area contributed by atoms with Crippen molar-refractivity contribution in [3.63, 3.8) is 0 Å². The van der Waals surface area contributed by atoms with Crippen molar-refractivity contribution in [1.29, 1.82) is 0 Å². The standard InChI is InChI=1S/C26H33N7O2/c1-6-32-20-9-7-8-10-21(20)33(26(32)34)25-11-12-28-24(29-25)16-18-15-19(27)22(17-23(18)35-5)31(4)14-13-30(2)3/h7-12,15,17H,6,13-14,16,27H2,1-5H3. The molecule has 0 fully saturated rings. The van der Waals surface area contributed by atoms with Crippen LogP contribution >= 0.6 is 0 Å². The van der Waals surface area contributed by atoms with Crippen LogP contribution in [0.1, 0.15) is 18.3 Å². The Morgan fingerprint density at radius 3 is 2.49 bits per heavy atom. The van der Waals surface area contributed by atoms with Crippen molar-refractivity contribution < 1.29 is 4.74 Å². The number of hydrogen-bond donors (Lipinski definition) is 1. The summed E-state index contributed by atoms with van der Waals surface area (Å²) in [5.74, 6) is 1.84. The maximum atomic E-state index is 13.2. The number of nitrogens with two attached hydrogens (primary N) is 1. The van der Waals surface area contributed by atoms with E-state index in [-0.39, 0.29) is 5.69 Å². The fourth-order valence-electron chi connectivity index (χ4n) is 4.27. The Morgan fingerprint density at radius 2 is 1.80 bits per heavy atom. The number of likely N-dealkylation sites (N-methyl/N-ethyl adjacent to an activating group) is 2. The Labute approximate surface area is 205 Å². The maximum absolute atomic E-state index is 13.2. The van der Waals surface area contributed by atoms with E-state index in [0.717, 1.165) is 41.1 Å². The van der Waals surface area contributed by atoms with Crippen molar-refractivity contribution in [2.45, 2.75) is 19.9 Å². The van der Waals surface area contributed by atoms with Crippen molar-refractivity contribution in [2.75, 3.05) is 52.0 Å². The molecule has 184 valence electrons. The summed E-state index contributed by atoms with van der Waals surface area (Å²) in [7, 11) is 7.76. The van der Waals surface area contributed by atoms with Crippen LogP contribution in [0, 0.1) is 0 Å². The van der Waals surface area contributed by atoms with Gasteiger partial charge in [-0.05, 0) is 45.3 Å². The highest BCUT2D eigenvalue weighted by Crippen LogP contribution is 2.32. The minimum atomic E-state index is -0.120. The molecule has 35 heavy (non-hydrogen) atoms. The fourth-order valence-corrected chi connectivity index (χ4v) is 4.27. The molecule has 0 saturated carbocycles. The molecule has 2 heterocycles. The van der Waals surface area contributed by atoms with Gasteiger partial charge in [0, 0.05) is 50.9 Å². The van der Waals surface area contributed by atoms with Crippen molar-refractivity contribution in [3.05, 3.63) is 70.5 Å². The summed E-state index contributed by atoms with van der Waals surface area (Å²) >= 11 is 0. The van der Waals surface area contributed by atoms with Gasteiger partial charge in [-0.15, -0.1) is 0 Å². The number of ether oxygens (including phenoxy) is 1. The van der Waals surface area contributed by atoms with E-state index < -0.39 is 0 Å². The molecule has 9 nitrogen and oxygen atoms in total. The molecule has 0 aliphatic rings. The summed E-state index contributed by atoms with van der Waals surface area (Å²) in [6.07, 6.45) is 2.10. The molecule has 4 rings (SSSR count). The van der Waals surface area contributed by atoms with Gasteiger partial charge in [0.25, 0.3) is 0 Å². The number of fused-ring (bicyclic) bond motifs is 1. The Hall–Kier alpha value is -3.85. The summed E-state index contributed by atoms with van der Waals surface area (Å²) in [5.41, 5.74) is 10.5. The molecule has 2 N–H and O–H groups in total. The predicted octanol–water partition coefficient (Wildman–Crippen LogP) is 2.78. The molecule has 0 spiro atoms. The number of methoxy groups -OCH3 is 1. The lowest BCUT2D eigenvalue weighted by atomic mass is 10.1. The van der Waals surface area contributed by atoms with Crippen LogP contribution < -0.4 is 21.1 Å². The fraction of sp³-hybridized carbons (Fsp3) is 0.346. The molecule has 0 aliphatic carbocycles. The van der Waals surface area contributed by atoms with Crippen LogP contribution in [0.15, 0.2) is 53.5 Å². The van der Waals surface area contributed by atoms with E-state index in [0.29, 0.717) is 30.3 Å². The van der Waals surface area contributed by atoms with Gasteiger partial charge in [-0.25, -0.2) is 19.3 Å². The average Bonchev–Trinajstić information content (AvgIpc) is 3.13. The van der Waals surface area contributed by atoms with Gasteiger partial charge in [-0.2, -0.15) is 0 Å². The van der Waals surface area contributed by atoms with E-state index in [1.165, 1.54) is 0 Å². The number of imidazole rings is 1. The number of aromatic nitrogens is 4. The zero-order valence-corrected chi connectivity index (χ0v) is 21.0. The van der Waals surface area contributed by atoms with Gasteiger partial charge in [0.1, 0.15) is 17.4 Å². The quantitative estimate of drug-likeness (QED) is 0.372. The third-order valence-corrected chi connectivity index (χ3v) is 6.14. The lowest BCUT2D eigenvalue weighted by molar-refractivity contribution is 0.409. The van der Waals surface area contributed by atoms with Crippen LogP contribution in [0.5, 0.6) is 5.75 Å². The second-order valence-corrected chi connectivity index (χ2v) is 8.81. The number of para-hydroxylation sites is 2. The van der Waals surface area contributed by atoms with Gasteiger partial charge >= 0.3 is 5.69 Å². The molecule has 0 amide bonds. The lowest BCUT2D eigenvalue weighted by Gasteiger charge is -2.24. The van der Waals surface area contributed by atoms with Crippen LogP contribution in [0.4, 0.5) is 11.4 Å². The Kier molecular flexibility index (Phi) is 7.07. The van der Waals surface area contributed by atoms with E-state index in [4.69, 9.17) is 15.5 Å². The Morgan fingerprint density at radius 1 is 1.06 bits per heavy atom. The molecule has 2 aromatic carbocycles. The smallest absolute Gasteiger partial charge is 0.334 e. The predicted molar refractivity (Wildman–Crippen MR) is 141 cm³/mol. The number of rotatable bonds is 9. The number of nitrogens with zero attached hydrogens (tertiary/aromatic N) is 6. The molecule has 9 heteroatoms. The largest absolute Gasteiger partial charge is 0.496 e. The number of anilines is 2. The van der Waals surface area contributed by atoms with E-state index >= 15 is 0 Å². The highest BCUT2D eigenvalue weighted by molar-refractivity contribution is 5.77. The van der Waals surface area contributed by atoms with E-state index in [1.54, 1.807) is 28.5 Å². The van der Waals surface area contributed by atoms with Crippen LogP contribution in [-0.2, 0) is 13.0 Å². The SMILES string of the molecule is CCn1c(=O)n(-c2ccnc(Cc3cc(N)c(N(C)CCN(C)C)cc3OC)n2)c2ccccc21. The topological polar surface area (TPSA) is 94.4 Å². The van der Waals surface area contributed by atoms with Crippen molar-refractivity contribution in [3.8, 4) is 11.6 Å². The number of nitrogen functional groups attached to an aromatic ring is 1. The van der Waals surface area contributed by atoms with Gasteiger partial charge in [0.15, 0.2) is 0 Å². The maximum Gasteiger partial charge on any atom is 0.334 e. The first-order valence-electron chi connectivity index (χ1n) is 11.7. The first-order valence-corrected chi connectivity index (χ1v) is 11.7. The van der Waals surface area contributed by atoms with Crippen molar-refractivity contribution in [1.82, 2.24) is 24.0 Å². The molecule has 0 bridgehead atoms. The first kappa shape index (κ1) is 24.3. The number of hydrogen-bond acceptors (Lipinski definition) is 7. The third-order valence-electron chi connectivity index (χ3n) is 6.14. The average molecular weight is 476 g/mol. The Bertz CT molecular complexity index is 1390. The summed E-state index contributed by atoms with van der Waals surface area (Å²) in [6.45, 7) is 4.29. The monoisotopic (exact) mass is 475 g/mol. The van der Waals surface area contributed by atoms with Crippen LogP contribution in [0.25, 0.3) is 16.9 Å². The van der Waals surface area contributed by atoms with Crippen LogP contribution in [-0.4, -0.2) is 65.3 Å². The minimum Gasteiger partial charge on any atom is -0.496 e. The second kappa shape index (κ2) is 10.2. The molecular formula is C26H33N7O2. The highest BCUT2D eigenvalue weighted by atomic mass is 16.5. The summed E-state index contributed by atoms with van der Waals surface area (Å²) in [6, 6.07) is 13.4. The van der Waals surface area contributed by atoms with Crippen molar-refractivity contribution >= 4 is 22.4 Å². The molecule has 0 radical (unpaired) electrons. The second-order valence-electron chi connectivity index (χ2n) is 8.81. The van der Waals surface area contributed by atoms with Gasteiger partial charge in [0.2, 0.25) is 0 Å². The normalized spacial score (nSPS) is 11.4. The molecule has 0 saturated heterocycles. The van der Waals surface area contributed by atoms with E-state index in [1.807, 2.05) is 64.5 Å². The zero-order chi connectivity index (χ0) is 25.1. The van der Waals surface area contributed by atoms with Gasteiger partial charge in [0.05, 0.1) is 29.5 Å². The molecular weight excluding hydrogens is 442 g/mol. The van der Waals surface area contributed by atoms with Crippen molar-refractivity contribution in [2.24, 2.45) is 0 Å². The van der Waals surface area contributed by atoms with Crippen LogP contribution in [0.3, 0.4) is 0 Å². The molecule has 0 aliphatic heterocycles. The van der Waals surface area contributed by atoms with E-state index in [2.05, 4.69) is 14.8 Å². The summed E-state index contributed by atoms with van der Waals surface area (Å²) in [5, 5.41) is 0. The summed E-state index contributed by atoms with van der Waals surface area (Å²) < 4.78 is 9.07. The number of aryl methyl sites for hydroxylation is 1. The molecule has 4 aromatic rings. The third kappa shape index (κ3) is 4.85. The first-order chi connectivity index (χ1) is 16.8. The van der Waals surface area contributed by atoms with Gasteiger partial charge in [-0.1, -0.05) is 12.1 Å². The van der Waals surface area contributed by atoms with E-state index in [9.17, 15) is 4.79 Å². The van der Waals surface area contributed by atoms with Gasteiger partial charge < -0.3 is 20.3 Å². The summed E-state index contributed by atoms with van der Waals surface area (Å²) in [4.78, 5) is 26.6. The minimum absolute atomic E-state index is 0.120. The molecule has 0 atom stereocenters.